The summed E-state index contributed by atoms with van der Waals surface area (Å²) in [6.45, 7) is 1.27. The van der Waals surface area contributed by atoms with Gasteiger partial charge in [-0.1, -0.05) is 18.0 Å². The molecule has 0 aliphatic heterocycles. The second-order valence-corrected chi connectivity index (χ2v) is 8.17. The first-order valence-corrected chi connectivity index (χ1v) is 8.86. The third-order valence-corrected chi connectivity index (χ3v) is 5.63. The van der Waals surface area contributed by atoms with Crippen LogP contribution in [0.25, 0.3) is 0 Å². The predicted molar refractivity (Wildman–Crippen MR) is 90.2 cm³/mol. The summed E-state index contributed by atoms with van der Waals surface area (Å²) < 4.78 is 2.60. The van der Waals surface area contributed by atoms with Gasteiger partial charge < -0.3 is 5.32 Å². The van der Waals surface area contributed by atoms with Crippen LogP contribution in [0.1, 0.15) is 24.1 Å². The standard InChI is InChI=1S/C14H15BrClN3OS/c15-12-5-4-10(21-12)6-17-13-11(16)7-18-19(14(13)20)8-9-2-1-3-9/h4-5,7,9,17H,1-3,6,8H2. The Hall–Kier alpha value is -0.850. The van der Waals surface area contributed by atoms with Crippen molar-refractivity contribution in [2.45, 2.75) is 32.4 Å². The summed E-state index contributed by atoms with van der Waals surface area (Å²) in [7, 11) is 0. The number of hydrogen-bond acceptors (Lipinski definition) is 4. The Kier molecular flexibility index (Phi) is 4.66. The van der Waals surface area contributed by atoms with Crippen LogP contribution in [0.4, 0.5) is 5.69 Å². The third kappa shape index (κ3) is 3.49. The molecule has 1 fully saturated rings. The number of nitrogens with one attached hydrogen (secondary N) is 1. The van der Waals surface area contributed by atoms with Crippen LogP contribution in [-0.4, -0.2) is 9.78 Å². The SMILES string of the molecule is O=c1c(NCc2ccc(Br)s2)c(Cl)cnn1CC1CCC1. The third-order valence-electron chi connectivity index (χ3n) is 3.72. The summed E-state index contributed by atoms with van der Waals surface area (Å²) in [5.74, 6) is 0.581. The molecule has 0 aromatic carbocycles. The molecule has 112 valence electrons. The molecule has 2 heterocycles. The van der Waals surface area contributed by atoms with Gasteiger partial charge in [0.15, 0.2) is 0 Å². The Balaban J connectivity index is 1.76. The largest absolute Gasteiger partial charge is 0.374 e. The molecule has 0 atom stereocenters. The zero-order valence-electron chi connectivity index (χ0n) is 11.3. The first kappa shape index (κ1) is 15.1. The first-order valence-electron chi connectivity index (χ1n) is 6.87. The van der Waals surface area contributed by atoms with E-state index in [0.717, 1.165) is 8.66 Å². The van der Waals surface area contributed by atoms with E-state index in [-0.39, 0.29) is 5.56 Å². The lowest BCUT2D eigenvalue weighted by Crippen LogP contribution is -2.30. The van der Waals surface area contributed by atoms with Gasteiger partial charge in [-0.3, -0.25) is 4.79 Å². The average Bonchev–Trinajstić information content (AvgIpc) is 2.81. The van der Waals surface area contributed by atoms with Crippen LogP contribution in [0.2, 0.25) is 5.02 Å². The van der Waals surface area contributed by atoms with E-state index in [1.165, 1.54) is 23.9 Å². The summed E-state index contributed by atoms with van der Waals surface area (Å²) in [6, 6.07) is 4.01. The van der Waals surface area contributed by atoms with E-state index in [4.69, 9.17) is 11.6 Å². The van der Waals surface area contributed by atoms with Crippen LogP contribution in [-0.2, 0) is 13.1 Å². The van der Waals surface area contributed by atoms with Crippen molar-refractivity contribution >= 4 is 44.6 Å². The fourth-order valence-corrected chi connectivity index (χ4v) is 3.92. The minimum absolute atomic E-state index is 0.134. The molecule has 0 spiro atoms. The lowest BCUT2D eigenvalue weighted by Gasteiger charge is -2.25. The molecule has 0 unspecified atom stereocenters. The lowest BCUT2D eigenvalue weighted by molar-refractivity contribution is 0.262. The number of hydrogen-bond donors (Lipinski definition) is 1. The van der Waals surface area contributed by atoms with Crippen LogP contribution >= 0.6 is 38.9 Å². The molecule has 1 N–H and O–H groups in total. The molecule has 21 heavy (non-hydrogen) atoms. The van der Waals surface area contributed by atoms with Gasteiger partial charge in [0, 0.05) is 18.0 Å². The van der Waals surface area contributed by atoms with Crippen molar-refractivity contribution in [2.75, 3.05) is 5.32 Å². The maximum absolute atomic E-state index is 12.4. The van der Waals surface area contributed by atoms with Crippen molar-refractivity contribution in [3.63, 3.8) is 0 Å². The van der Waals surface area contributed by atoms with Gasteiger partial charge in [0.1, 0.15) is 5.69 Å². The summed E-state index contributed by atoms with van der Waals surface area (Å²) in [5.41, 5.74) is 0.306. The van der Waals surface area contributed by atoms with Crippen LogP contribution in [0.3, 0.4) is 0 Å². The van der Waals surface area contributed by atoms with Crippen molar-refractivity contribution in [1.29, 1.82) is 0 Å². The zero-order valence-corrected chi connectivity index (χ0v) is 14.5. The average molecular weight is 389 g/mol. The molecule has 1 aliphatic rings. The van der Waals surface area contributed by atoms with E-state index in [1.54, 1.807) is 17.5 Å². The quantitative estimate of drug-likeness (QED) is 0.837. The van der Waals surface area contributed by atoms with Crippen molar-refractivity contribution < 1.29 is 0 Å². The van der Waals surface area contributed by atoms with Crippen molar-refractivity contribution in [1.82, 2.24) is 9.78 Å². The maximum atomic E-state index is 12.4. The summed E-state index contributed by atoms with van der Waals surface area (Å²) >= 11 is 11.2. The lowest BCUT2D eigenvalue weighted by atomic mass is 9.85. The topological polar surface area (TPSA) is 46.9 Å². The Morgan fingerprint density at radius 2 is 2.29 bits per heavy atom. The van der Waals surface area contributed by atoms with Gasteiger partial charge in [0.05, 0.1) is 15.0 Å². The number of anilines is 1. The fourth-order valence-electron chi connectivity index (χ4n) is 2.30. The van der Waals surface area contributed by atoms with Gasteiger partial charge in [0.25, 0.3) is 5.56 Å². The maximum Gasteiger partial charge on any atom is 0.291 e. The summed E-state index contributed by atoms with van der Waals surface area (Å²) in [4.78, 5) is 13.6. The Morgan fingerprint density at radius 1 is 1.48 bits per heavy atom. The van der Waals surface area contributed by atoms with Crippen molar-refractivity contribution in [3.8, 4) is 0 Å². The molecule has 1 saturated carbocycles. The van der Waals surface area contributed by atoms with Gasteiger partial charge in [0.2, 0.25) is 0 Å². The number of nitrogens with zero attached hydrogens (tertiary/aromatic N) is 2. The normalized spacial score (nSPS) is 15.0. The van der Waals surface area contributed by atoms with E-state index in [9.17, 15) is 4.79 Å². The molecule has 7 heteroatoms. The first-order chi connectivity index (χ1) is 10.1. The Morgan fingerprint density at radius 3 is 2.90 bits per heavy atom. The number of thiophene rings is 1. The molecule has 2 aromatic heterocycles. The van der Waals surface area contributed by atoms with E-state index < -0.39 is 0 Å². The highest BCUT2D eigenvalue weighted by atomic mass is 79.9. The molecule has 0 amide bonds. The van der Waals surface area contributed by atoms with Gasteiger partial charge in [-0.2, -0.15) is 5.10 Å². The van der Waals surface area contributed by atoms with Gasteiger partial charge >= 0.3 is 0 Å². The van der Waals surface area contributed by atoms with Crippen LogP contribution in [0.15, 0.2) is 26.9 Å². The Bertz CT molecular complexity index is 696. The smallest absolute Gasteiger partial charge is 0.291 e. The van der Waals surface area contributed by atoms with Crippen molar-refractivity contribution in [2.24, 2.45) is 5.92 Å². The zero-order chi connectivity index (χ0) is 14.8. The summed E-state index contributed by atoms with van der Waals surface area (Å²) in [5, 5.41) is 7.67. The molecule has 3 rings (SSSR count). The van der Waals surface area contributed by atoms with Gasteiger partial charge in [-0.05, 0) is 46.8 Å². The monoisotopic (exact) mass is 387 g/mol. The van der Waals surface area contributed by atoms with E-state index in [0.29, 0.717) is 29.7 Å². The molecular formula is C14H15BrClN3OS. The van der Waals surface area contributed by atoms with E-state index in [2.05, 4.69) is 26.3 Å². The Labute approximate surface area is 140 Å². The molecule has 1 aliphatic carbocycles. The van der Waals surface area contributed by atoms with Crippen LogP contribution in [0.5, 0.6) is 0 Å². The van der Waals surface area contributed by atoms with Crippen LogP contribution < -0.4 is 10.9 Å². The molecule has 0 bridgehead atoms. The minimum atomic E-state index is -0.134. The second kappa shape index (κ2) is 6.50. The van der Waals surface area contributed by atoms with Crippen LogP contribution in [0, 0.1) is 5.92 Å². The molecular weight excluding hydrogens is 374 g/mol. The fraction of sp³-hybridized carbons (Fsp3) is 0.429. The number of aromatic nitrogens is 2. The van der Waals surface area contributed by atoms with Gasteiger partial charge in [-0.15, -0.1) is 11.3 Å². The second-order valence-electron chi connectivity index (χ2n) is 5.21. The predicted octanol–water partition coefficient (Wildman–Crippen LogP) is 4.13. The van der Waals surface area contributed by atoms with E-state index in [1.807, 2.05) is 12.1 Å². The molecule has 0 saturated heterocycles. The molecule has 2 aromatic rings. The summed E-state index contributed by atoms with van der Waals surface area (Å²) in [6.07, 6.45) is 5.17. The minimum Gasteiger partial charge on any atom is -0.374 e. The van der Waals surface area contributed by atoms with Gasteiger partial charge in [-0.25, -0.2) is 4.68 Å². The number of halogens is 2. The molecule has 4 nitrogen and oxygen atoms in total. The highest BCUT2D eigenvalue weighted by molar-refractivity contribution is 9.11. The molecule has 0 radical (unpaired) electrons. The van der Waals surface area contributed by atoms with Crippen molar-refractivity contribution in [3.05, 3.63) is 42.4 Å². The number of rotatable bonds is 5. The van der Waals surface area contributed by atoms with E-state index >= 15 is 0 Å². The highest BCUT2D eigenvalue weighted by Gasteiger charge is 2.20. The highest BCUT2D eigenvalue weighted by Crippen LogP contribution is 2.28.